The van der Waals surface area contributed by atoms with Crippen LogP contribution in [0.3, 0.4) is 0 Å². The fourth-order valence-electron chi connectivity index (χ4n) is 5.87. The predicted octanol–water partition coefficient (Wildman–Crippen LogP) is 7.04. The molecule has 1 aliphatic heterocycles. The van der Waals surface area contributed by atoms with E-state index >= 15 is 4.39 Å². The number of rotatable bonds is 7. The number of nitrogens with one attached hydrogen (secondary N) is 4. The second kappa shape index (κ2) is 13.0. The van der Waals surface area contributed by atoms with Crippen molar-refractivity contribution in [3.8, 4) is 0 Å². The van der Waals surface area contributed by atoms with E-state index in [0.29, 0.717) is 29.8 Å². The van der Waals surface area contributed by atoms with Gasteiger partial charge in [-0.2, -0.15) is 13.2 Å². The van der Waals surface area contributed by atoms with E-state index in [9.17, 15) is 31.5 Å². The SMILES string of the molecule is CC(C)(C)C(=O)NCc1ccc(F)c(Nc2nc3cc(C(=O)N[C@H]4CC[C@H](C(F)(F)F)CC4)c(N4CCC(F)CC4)cc3[nH]2)c1F. The number of carbonyl (C=O) groups excluding carboxylic acids is 2. The van der Waals surface area contributed by atoms with Gasteiger partial charge in [-0.3, -0.25) is 9.59 Å². The molecule has 250 valence electrons. The molecule has 0 atom stereocenters. The number of piperidine rings is 1. The Balaban J connectivity index is 1.40. The molecule has 1 aliphatic carbocycles. The van der Waals surface area contributed by atoms with Crippen molar-refractivity contribution < 1.29 is 35.9 Å². The van der Waals surface area contributed by atoms with E-state index in [1.54, 1.807) is 26.8 Å². The maximum Gasteiger partial charge on any atom is 0.391 e. The Hall–Kier alpha value is -3.97. The van der Waals surface area contributed by atoms with Crippen LogP contribution in [-0.4, -0.2) is 53.3 Å². The van der Waals surface area contributed by atoms with Gasteiger partial charge in [-0.15, -0.1) is 0 Å². The zero-order valence-corrected chi connectivity index (χ0v) is 25.9. The molecule has 2 aromatic carbocycles. The third-order valence-corrected chi connectivity index (χ3v) is 8.67. The highest BCUT2D eigenvalue weighted by Gasteiger charge is 2.41. The van der Waals surface area contributed by atoms with Gasteiger partial charge < -0.3 is 25.8 Å². The number of alkyl halides is 4. The molecule has 2 fully saturated rings. The van der Waals surface area contributed by atoms with Crippen LogP contribution in [0.2, 0.25) is 0 Å². The molecule has 0 spiro atoms. The maximum atomic E-state index is 15.4. The first-order valence-corrected chi connectivity index (χ1v) is 15.4. The summed E-state index contributed by atoms with van der Waals surface area (Å²) in [6.45, 7) is 5.67. The van der Waals surface area contributed by atoms with E-state index in [4.69, 9.17) is 0 Å². The van der Waals surface area contributed by atoms with Crippen molar-refractivity contribution in [3.05, 3.63) is 47.0 Å². The summed E-state index contributed by atoms with van der Waals surface area (Å²) < 4.78 is 83.6. The number of aromatic amines is 1. The van der Waals surface area contributed by atoms with Crippen molar-refractivity contribution >= 4 is 40.2 Å². The van der Waals surface area contributed by atoms with E-state index in [1.807, 2.05) is 4.90 Å². The van der Waals surface area contributed by atoms with E-state index in [0.717, 1.165) is 6.07 Å². The van der Waals surface area contributed by atoms with Crippen LogP contribution < -0.4 is 20.9 Å². The number of anilines is 3. The molecule has 2 amide bonds. The van der Waals surface area contributed by atoms with Crippen LogP contribution in [0, 0.1) is 23.0 Å². The molecule has 0 bridgehead atoms. The average molecular weight is 653 g/mol. The smallest absolute Gasteiger partial charge is 0.371 e. The van der Waals surface area contributed by atoms with Gasteiger partial charge in [0.1, 0.15) is 17.7 Å². The minimum absolute atomic E-state index is 0.0138. The Bertz CT molecular complexity index is 1580. The monoisotopic (exact) mass is 652 g/mol. The Morgan fingerprint density at radius 3 is 2.30 bits per heavy atom. The lowest BCUT2D eigenvalue weighted by atomic mass is 9.85. The number of imidazole rings is 1. The summed E-state index contributed by atoms with van der Waals surface area (Å²) >= 11 is 0. The van der Waals surface area contributed by atoms with E-state index in [1.165, 1.54) is 12.1 Å². The molecule has 4 N–H and O–H groups in total. The third-order valence-electron chi connectivity index (χ3n) is 8.67. The highest BCUT2D eigenvalue weighted by molar-refractivity contribution is 6.04. The fourth-order valence-corrected chi connectivity index (χ4v) is 5.87. The average Bonchev–Trinajstić information content (AvgIpc) is 3.39. The zero-order chi connectivity index (χ0) is 33.4. The standard InChI is InChI=1S/C32H38F6N6O2/c1-31(2,3)29(46)39-16-17-4-9-22(34)27(26(17)35)43-30-41-23-14-21(25(15-24(23)42-30)44-12-10-19(33)11-13-44)28(45)40-20-7-5-18(6-8-20)32(36,37)38/h4,9,14-15,18-20H,5-8,10-13,16H2,1-3H3,(H,39,46)(H,40,45)(H2,41,42,43)/t18-,20-. The van der Waals surface area contributed by atoms with Crippen molar-refractivity contribution in [1.82, 2.24) is 20.6 Å². The first-order valence-electron chi connectivity index (χ1n) is 15.4. The summed E-state index contributed by atoms with van der Waals surface area (Å²) in [5, 5.41) is 8.14. The molecule has 0 unspecified atom stereocenters. The van der Waals surface area contributed by atoms with Crippen LogP contribution in [0.25, 0.3) is 11.0 Å². The Labute approximate surface area is 262 Å². The summed E-state index contributed by atoms with van der Waals surface area (Å²) in [5.74, 6) is -4.00. The van der Waals surface area contributed by atoms with Crippen LogP contribution in [0.15, 0.2) is 24.3 Å². The highest BCUT2D eigenvalue weighted by atomic mass is 19.4. The largest absolute Gasteiger partial charge is 0.391 e. The molecule has 14 heteroatoms. The number of hydrogen-bond acceptors (Lipinski definition) is 5. The number of hydrogen-bond donors (Lipinski definition) is 4. The normalized spacial score (nSPS) is 19.7. The molecule has 2 heterocycles. The molecule has 5 rings (SSSR count). The minimum Gasteiger partial charge on any atom is -0.371 e. The number of nitrogens with zero attached hydrogens (tertiary/aromatic N) is 2. The van der Waals surface area contributed by atoms with Crippen molar-refractivity contribution in [1.29, 1.82) is 0 Å². The van der Waals surface area contributed by atoms with E-state index in [-0.39, 0.29) is 68.1 Å². The van der Waals surface area contributed by atoms with Gasteiger partial charge in [-0.05, 0) is 56.7 Å². The summed E-state index contributed by atoms with van der Waals surface area (Å²) in [6.07, 6.45) is -4.47. The fraction of sp³-hybridized carbons (Fsp3) is 0.531. The van der Waals surface area contributed by atoms with Crippen molar-refractivity contribution in [3.63, 3.8) is 0 Å². The van der Waals surface area contributed by atoms with Gasteiger partial charge in [0.05, 0.1) is 28.2 Å². The van der Waals surface area contributed by atoms with E-state index < -0.39 is 53.0 Å². The Kier molecular flexibility index (Phi) is 9.46. The summed E-state index contributed by atoms with van der Waals surface area (Å²) in [6, 6.07) is 5.05. The summed E-state index contributed by atoms with van der Waals surface area (Å²) in [5.41, 5.74) is 0.316. The van der Waals surface area contributed by atoms with Gasteiger partial charge in [0.15, 0.2) is 5.82 Å². The predicted molar refractivity (Wildman–Crippen MR) is 163 cm³/mol. The second-order valence-electron chi connectivity index (χ2n) is 13.2. The lowest BCUT2D eigenvalue weighted by Gasteiger charge is -2.33. The number of carbonyl (C=O) groups is 2. The third kappa shape index (κ3) is 7.52. The van der Waals surface area contributed by atoms with Crippen LogP contribution in [0.5, 0.6) is 0 Å². The Morgan fingerprint density at radius 1 is 1.00 bits per heavy atom. The van der Waals surface area contributed by atoms with Crippen LogP contribution in [0.1, 0.15) is 75.2 Å². The number of H-pyrrole nitrogens is 1. The minimum atomic E-state index is -4.27. The first kappa shape index (κ1) is 33.4. The quantitative estimate of drug-likeness (QED) is 0.205. The van der Waals surface area contributed by atoms with Gasteiger partial charge >= 0.3 is 6.18 Å². The van der Waals surface area contributed by atoms with Crippen molar-refractivity contribution in [2.45, 2.75) is 84.2 Å². The molecule has 0 radical (unpaired) electrons. The van der Waals surface area contributed by atoms with Gasteiger partial charge in [-0.1, -0.05) is 26.8 Å². The summed E-state index contributed by atoms with van der Waals surface area (Å²) in [4.78, 5) is 35.0. The highest BCUT2D eigenvalue weighted by Crippen LogP contribution is 2.38. The van der Waals surface area contributed by atoms with Crippen LogP contribution in [-0.2, 0) is 11.3 Å². The van der Waals surface area contributed by atoms with Crippen LogP contribution >= 0.6 is 0 Å². The second-order valence-corrected chi connectivity index (χ2v) is 13.2. The van der Waals surface area contributed by atoms with Gasteiger partial charge in [-0.25, -0.2) is 18.2 Å². The molecule has 3 aromatic rings. The number of benzene rings is 2. The lowest BCUT2D eigenvalue weighted by Crippen LogP contribution is -2.41. The molecular weight excluding hydrogens is 614 g/mol. The zero-order valence-electron chi connectivity index (χ0n) is 25.9. The first-order chi connectivity index (χ1) is 21.6. The molecule has 8 nitrogen and oxygen atoms in total. The maximum absolute atomic E-state index is 15.4. The van der Waals surface area contributed by atoms with Crippen molar-refractivity contribution in [2.24, 2.45) is 11.3 Å². The summed E-state index contributed by atoms with van der Waals surface area (Å²) in [7, 11) is 0. The topological polar surface area (TPSA) is 102 Å². The number of amides is 2. The lowest BCUT2D eigenvalue weighted by molar-refractivity contribution is -0.182. The number of halogens is 6. The molecule has 46 heavy (non-hydrogen) atoms. The Morgan fingerprint density at radius 2 is 1.67 bits per heavy atom. The van der Waals surface area contributed by atoms with Crippen molar-refractivity contribution in [2.75, 3.05) is 23.3 Å². The number of aromatic nitrogens is 2. The van der Waals surface area contributed by atoms with Gasteiger partial charge in [0.25, 0.3) is 5.91 Å². The van der Waals surface area contributed by atoms with E-state index in [2.05, 4.69) is 25.9 Å². The molecule has 2 aliphatic rings. The number of fused-ring (bicyclic) bond motifs is 1. The molecule has 1 saturated heterocycles. The molecule has 1 aromatic heterocycles. The molecular formula is C32H38F6N6O2. The van der Waals surface area contributed by atoms with Gasteiger partial charge in [0.2, 0.25) is 11.9 Å². The van der Waals surface area contributed by atoms with Crippen LogP contribution in [0.4, 0.5) is 43.7 Å². The van der Waals surface area contributed by atoms with Gasteiger partial charge in [0, 0.05) is 36.7 Å². The molecule has 1 saturated carbocycles.